The Morgan fingerprint density at radius 3 is 2.40 bits per heavy atom. The molecule has 6 nitrogen and oxygen atoms in total. The summed E-state index contributed by atoms with van der Waals surface area (Å²) in [6.45, 7) is 4.03. The van der Waals surface area contributed by atoms with E-state index in [4.69, 9.17) is 4.18 Å². The second-order valence-electron chi connectivity index (χ2n) is 5.16. The van der Waals surface area contributed by atoms with Crippen LogP contribution in [-0.2, 0) is 20.7 Å². The largest absolute Gasteiger partial charge is 0.341 e. The Hall–Kier alpha value is -1.21. The van der Waals surface area contributed by atoms with E-state index in [1.807, 2.05) is 12.4 Å². The molecule has 0 aliphatic carbocycles. The van der Waals surface area contributed by atoms with Crippen molar-refractivity contribution < 1.29 is 12.6 Å². The molecule has 0 amide bonds. The van der Waals surface area contributed by atoms with Gasteiger partial charge in [-0.2, -0.15) is 8.42 Å². The molecule has 0 bridgehead atoms. The number of hydrogen-bond acceptors (Lipinski definition) is 6. The first kappa shape index (κ1) is 15.2. The molecule has 0 atom stereocenters. The molecule has 2 heterocycles. The Balaban J connectivity index is 1.84. The van der Waals surface area contributed by atoms with Crippen molar-refractivity contribution in [3.05, 3.63) is 18.0 Å². The van der Waals surface area contributed by atoms with Crippen LogP contribution in [0, 0.1) is 5.92 Å². The van der Waals surface area contributed by atoms with Crippen LogP contribution in [0.3, 0.4) is 0 Å². The number of aromatic nitrogens is 2. The molecule has 0 saturated carbocycles. The standard InChI is InChI=1S/C13H21N3O3S/c1-3-11-8-14-13(15-9-11)16-6-4-12(5-7-16)10-19-20(2,17)18/h8-9,12H,3-7,10H2,1-2H3. The second kappa shape index (κ2) is 6.49. The van der Waals surface area contributed by atoms with Crippen LogP contribution in [0.15, 0.2) is 12.4 Å². The van der Waals surface area contributed by atoms with Crippen LogP contribution >= 0.6 is 0 Å². The van der Waals surface area contributed by atoms with Gasteiger partial charge in [-0.25, -0.2) is 9.97 Å². The molecule has 20 heavy (non-hydrogen) atoms. The van der Waals surface area contributed by atoms with Crippen LogP contribution in [0.5, 0.6) is 0 Å². The van der Waals surface area contributed by atoms with Gasteiger partial charge in [-0.05, 0) is 30.7 Å². The molecule has 1 fully saturated rings. The molecule has 0 unspecified atom stereocenters. The van der Waals surface area contributed by atoms with Crippen LogP contribution in [-0.4, -0.2) is 44.3 Å². The summed E-state index contributed by atoms with van der Waals surface area (Å²) in [5.74, 6) is 1.04. The third kappa shape index (κ3) is 4.42. The van der Waals surface area contributed by atoms with Crippen molar-refractivity contribution in [2.24, 2.45) is 5.92 Å². The lowest BCUT2D eigenvalue weighted by Crippen LogP contribution is -2.36. The Morgan fingerprint density at radius 1 is 1.30 bits per heavy atom. The van der Waals surface area contributed by atoms with E-state index in [0.29, 0.717) is 0 Å². The predicted octanol–water partition coefficient (Wildman–Crippen LogP) is 1.23. The number of hydrogen-bond donors (Lipinski definition) is 0. The topological polar surface area (TPSA) is 72.4 Å². The molecule has 1 aromatic heterocycles. The SMILES string of the molecule is CCc1cnc(N2CCC(COS(C)(=O)=O)CC2)nc1. The number of aryl methyl sites for hydroxylation is 1. The first-order valence-electron chi connectivity index (χ1n) is 6.88. The van der Waals surface area contributed by atoms with Crippen molar-refractivity contribution in [3.8, 4) is 0 Å². The lowest BCUT2D eigenvalue weighted by atomic mass is 9.98. The number of anilines is 1. The summed E-state index contributed by atoms with van der Waals surface area (Å²) in [6.07, 6.45) is 7.54. The highest BCUT2D eigenvalue weighted by molar-refractivity contribution is 7.85. The summed E-state index contributed by atoms with van der Waals surface area (Å²) in [5, 5.41) is 0. The summed E-state index contributed by atoms with van der Waals surface area (Å²) < 4.78 is 26.8. The zero-order chi connectivity index (χ0) is 14.6. The fourth-order valence-electron chi connectivity index (χ4n) is 2.21. The van der Waals surface area contributed by atoms with Crippen molar-refractivity contribution in [1.29, 1.82) is 0 Å². The van der Waals surface area contributed by atoms with Gasteiger partial charge in [-0.1, -0.05) is 6.92 Å². The van der Waals surface area contributed by atoms with E-state index in [1.165, 1.54) is 0 Å². The maximum atomic E-state index is 11.0. The Bertz CT molecular complexity index is 522. The van der Waals surface area contributed by atoms with Gasteiger partial charge in [0.25, 0.3) is 10.1 Å². The van der Waals surface area contributed by atoms with E-state index in [-0.39, 0.29) is 12.5 Å². The lowest BCUT2D eigenvalue weighted by molar-refractivity contribution is 0.229. The zero-order valence-electron chi connectivity index (χ0n) is 11.9. The second-order valence-corrected chi connectivity index (χ2v) is 6.81. The minimum absolute atomic E-state index is 0.280. The lowest BCUT2D eigenvalue weighted by Gasteiger charge is -2.31. The number of nitrogens with zero attached hydrogens (tertiary/aromatic N) is 3. The molecule has 2 rings (SSSR count). The molecule has 112 valence electrons. The van der Waals surface area contributed by atoms with E-state index in [9.17, 15) is 8.42 Å². The van der Waals surface area contributed by atoms with Crippen LogP contribution in [0.25, 0.3) is 0 Å². The third-order valence-corrected chi connectivity index (χ3v) is 4.08. The smallest absolute Gasteiger partial charge is 0.264 e. The average molecular weight is 299 g/mol. The minimum Gasteiger partial charge on any atom is -0.341 e. The summed E-state index contributed by atoms with van der Waals surface area (Å²) in [5.41, 5.74) is 1.13. The molecule has 0 spiro atoms. The Labute approximate surface area is 120 Å². The molecule has 7 heteroatoms. The average Bonchev–Trinajstić information content (AvgIpc) is 2.45. The highest BCUT2D eigenvalue weighted by atomic mass is 32.2. The summed E-state index contributed by atoms with van der Waals surface area (Å²) >= 11 is 0. The van der Waals surface area contributed by atoms with Crippen LogP contribution in [0.4, 0.5) is 5.95 Å². The van der Waals surface area contributed by atoms with Crippen molar-refractivity contribution in [3.63, 3.8) is 0 Å². The van der Waals surface area contributed by atoms with Gasteiger partial charge < -0.3 is 4.90 Å². The van der Waals surface area contributed by atoms with Crippen molar-refractivity contribution in [2.75, 3.05) is 30.9 Å². The summed E-state index contributed by atoms with van der Waals surface area (Å²) in [4.78, 5) is 10.9. The van der Waals surface area contributed by atoms with Gasteiger partial charge in [-0.3, -0.25) is 4.18 Å². The Kier molecular flexibility index (Phi) is 4.93. The molecular weight excluding hydrogens is 278 g/mol. The van der Waals surface area contributed by atoms with Gasteiger partial charge in [-0.15, -0.1) is 0 Å². The van der Waals surface area contributed by atoms with E-state index in [1.54, 1.807) is 0 Å². The van der Waals surface area contributed by atoms with Gasteiger partial charge in [0.05, 0.1) is 12.9 Å². The van der Waals surface area contributed by atoms with Gasteiger partial charge in [0, 0.05) is 25.5 Å². The first-order valence-corrected chi connectivity index (χ1v) is 8.70. The maximum absolute atomic E-state index is 11.0. The molecule has 0 N–H and O–H groups in total. The third-order valence-electron chi connectivity index (χ3n) is 3.52. The van der Waals surface area contributed by atoms with Crippen LogP contribution < -0.4 is 4.90 Å². The molecule has 0 aromatic carbocycles. The molecule has 1 aromatic rings. The molecular formula is C13H21N3O3S. The number of piperidine rings is 1. The van der Waals surface area contributed by atoms with Gasteiger partial charge in [0.2, 0.25) is 5.95 Å². The van der Waals surface area contributed by atoms with E-state index in [2.05, 4.69) is 21.8 Å². The summed E-state index contributed by atoms with van der Waals surface area (Å²) in [6, 6.07) is 0. The fourth-order valence-corrected chi connectivity index (χ4v) is 2.65. The maximum Gasteiger partial charge on any atom is 0.264 e. The first-order chi connectivity index (χ1) is 9.48. The highest BCUT2D eigenvalue weighted by Crippen LogP contribution is 2.21. The quantitative estimate of drug-likeness (QED) is 0.762. The van der Waals surface area contributed by atoms with Gasteiger partial charge in [0.1, 0.15) is 0 Å². The van der Waals surface area contributed by atoms with Crippen molar-refractivity contribution in [2.45, 2.75) is 26.2 Å². The monoisotopic (exact) mass is 299 g/mol. The van der Waals surface area contributed by atoms with Crippen LogP contribution in [0.1, 0.15) is 25.3 Å². The number of rotatable bonds is 5. The van der Waals surface area contributed by atoms with E-state index in [0.717, 1.165) is 50.1 Å². The van der Waals surface area contributed by atoms with Crippen LogP contribution in [0.2, 0.25) is 0 Å². The molecule has 1 aliphatic rings. The van der Waals surface area contributed by atoms with Crippen molar-refractivity contribution >= 4 is 16.1 Å². The van der Waals surface area contributed by atoms with Crippen molar-refractivity contribution in [1.82, 2.24) is 9.97 Å². The predicted molar refractivity (Wildman–Crippen MR) is 77.1 cm³/mol. The van der Waals surface area contributed by atoms with Gasteiger partial charge in [0.15, 0.2) is 0 Å². The molecule has 0 radical (unpaired) electrons. The van der Waals surface area contributed by atoms with Gasteiger partial charge >= 0.3 is 0 Å². The molecule has 1 aliphatic heterocycles. The fraction of sp³-hybridized carbons (Fsp3) is 0.692. The summed E-state index contributed by atoms with van der Waals surface area (Å²) in [7, 11) is -3.34. The zero-order valence-corrected chi connectivity index (χ0v) is 12.8. The Morgan fingerprint density at radius 2 is 1.90 bits per heavy atom. The van der Waals surface area contributed by atoms with E-state index >= 15 is 0 Å². The molecule has 1 saturated heterocycles. The van der Waals surface area contributed by atoms with E-state index < -0.39 is 10.1 Å². The highest BCUT2D eigenvalue weighted by Gasteiger charge is 2.22. The normalized spacial score (nSPS) is 17.4. The minimum atomic E-state index is -3.34.